The van der Waals surface area contributed by atoms with Crippen molar-refractivity contribution in [3.63, 3.8) is 0 Å². The van der Waals surface area contributed by atoms with Gasteiger partial charge in [-0.25, -0.2) is 0 Å². The molecule has 0 aliphatic carbocycles. The van der Waals surface area contributed by atoms with Crippen molar-refractivity contribution in [2.24, 2.45) is 0 Å². The van der Waals surface area contributed by atoms with Gasteiger partial charge in [-0.05, 0) is 0 Å². The molecule has 90 valence electrons. The Balaban J connectivity index is 2.65. The van der Waals surface area contributed by atoms with Crippen LogP contribution in [0, 0.1) is 0 Å². The summed E-state index contributed by atoms with van der Waals surface area (Å²) in [4.78, 5) is 0. The Morgan fingerprint density at radius 2 is 1.06 bits per heavy atom. The summed E-state index contributed by atoms with van der Waals surface area (Å²) >= 11 is 0. The Hall–Kier alpha value is -1.17. The van der Waals surface area contributed by atoms with E-state index in [1.165, 1.54) is 10.6 Å². The van der Waals surface area contributed by atoms with Gasteiger partial charge in [-0.3, -0.25) is 0 Å². The zero-order chi connectivity index (χ0) is 12.4. The van der Waals surface area contributed by atoms with E-state index in [-0.39, 0.29) is 0 Å². The summed E-state index contributed by atoms with van der Waals surface area (Å²) in [5.41, 5.74) is 0. The van der Waals surface area contributed by atoms with Crippen LogP contribution < -0.4 is 10.6 Å². The average molecular weight is 246 g/mol. The van der Waals surface area contributed by atoms with Gasteiger partial charge < -0.3 is 0 Å². The van der Waals surface area contributed by atoms with Crippen LogP contribution in [0.4, 0.5) is 0 Å². The molecule has 0 N–H and O–H groups in total. The van der Waals surface area contributed by atoms with Gasteiger partial charge in [0.2, 0.25) is 0 Å². The standard InChI is InChI=1S/C15H19OP/c1-16-17(2,3,14-10-6-4-7-11-14)15-12-8-5-9-13-15/h4-13H,1-3H3. The fraction of sp³-hybridized carbons (Fsp3) is 0.200. The topological polar surface area (TPSA) is 9.23 Å². The molecule has 2 aromatic rings. The zero-order valence-corrected chi connectivity index (χ0v) is 11.5. The van der Waals surface area contributed by atoms with E-state index in [2.05, 4.69) is 61.9 Å². The molecular weight excluding hydrogens is 227 g/mol. The molecule has 17 heavy (non-hydrogen) atoms. The molecule has 0 aliphatic heterocycles. The van der Waals surface area contributed by atoms with E-state index < -0.39 is 6.83 Å². The molecule has 0 spiro atoms. The van der Waals surface area contributed by atoms with Crippen molar-refractivity contribution < 1.29 is 4.52 Å². The van der Waals surface area contributed by atoms with E-state index in [0.717, 1.165) is 0 Å². The summed E-state index contributed by atoms with van der Waals surface area (Å²) in [5, 5.41) is 2.57. The van der Waals surface area contributed by atoms with Crippen LogP contribution >= 0.6 is 6.83 Å². The molecule has 2 heteroatoms. The van der Waals surface area contributed by atoms with Crippen molar-refractivity contribution in [1.82, 2.24) is 0 Å². The van der Waals surface area contributed by atoms with Crippen LogP contribution in [0.2, 0.25) is 0 Å². The van der Waals surface area contributed by atoms with Gasteiger partial charge in [-0.1, -0.05) is 0 Å². The predicted molar refractivity (Wildman–Crippen MR) is 77.9 cm³/mol. The average Bonchev–Trinajstić information content (AvgIpc) is 2.41. The van der Waals surface area contributed by atoms with E-state index in [9.17, 15) is 0 Å². The molecule has 1 nitrogen and oxygen atoms in total. The molecule has 2 rings (SSSR count). The van der Waals surface area contributed by atoms with Crippen molar-refractivity contribution in [2.75, 3.05) is 20.4 Å². The Morgan fingerprint density at radius 3 is 1.35 bits per heavy atom. The van der Waals surface area contributed by atoms with Crippen LogP contribution in [0.3, 0.4) is 0 Å². The summed E-state index contributed by atoms with van der Waals surface area (Å²) < 4.78 is 6.03. The fourth-order valence-electron chi connectivity index (χ4n) is 2.08. The van der Waals surface area contributed by atoms with E-state index in [4.69, 9.17) is 4.52 Å². The Morgan fingerprint density at radius 1 is 0.706 bits per heavy atom. The first kappa shape index (κ1) is 12.3. The van der Waals surface area contributed by atoms with Gasteiger partial charge in [0.25, 0.3) is 0 Å². The summed E-state index contributed by atoms with van der Waals surface area (Å²) in [7, 11) is 1.82. The van der Waals surface area contributed by atoms with Gasteiger partial charge in [0.15, 0.2) is 0 Å². The predicted octanol–water partition coefficient (Wildman–Crippen LogP) is 3.01. The molecule has 0 saturated heterocycles. The quantitative estimate of drug-likeness (QED) is 0.756. The first-order valence-electron chi connectivity index (χ1n) is 5.75. The Bertz CT molecular complexity index is 447. The van der Waals surface area contributed by atoms with Gasteiger partial charge in [-0.2, -0.15) is 0 Å². The minimum atomic E-state index is -2.46. The molecule has 0 heterocycles. The van der Waals surface area contributed by atoms with Crippen LogP contribution in [0.25, 0.3) is 0 Å². The molecule has 0 saturated carbocycles. The third kappa shape index (κ3) is 2.01. The molecule has 0 atom stereocenters. The Kier molecular flexibility index (Phi) is 3.07. The molecule has 0 aromatic heterocycles. The molecule has 0 unspecified atom stereocenters. The van der Waals surface area contributed by atoms with Crippen molar-refractivity contribution in [1.29, 1.82) is 0 Å². The summed E-state index contributed by atoms with van der Waals surface area (Å²) in [6.07, 6.45) is 0. The van der Waals surface area contributed by atoms with Crippen LogP contribution in [0.1, 0.15) is 0 Å². The number of benzene rings is 2. The first-order chi connectivity index (χ1) is 8.07. The second-order valence-electron chi connectivity index (χ2n) is 4.85. The minimum absolute atomic E-state index is 1.28. The van der Waals surface area contributed by atoms with Crippen molar-refractivity contribution in [2.45, 2.75) is 0 Å². The summed E-state index contributed by atoms with van der Waals surface area (Å²) in [6, 6.07) is 21.0. The van der Waals surface area contributed by atoms with E-state index in [0.29, 0.717) is 0 Å². The second kappa shape index (κ2) is 4.25. The second-order valence-corrected chi connectivity index (χ2v) is 10.3. The van der Waals surface area contributed by atoms with Crippen LogP contribution in [0.5, 0.6) is 0 Å². The van der Waals surface area contributed by atoms with Gasteiger partial charge in [-0.15, -0.1) is 0 Å². The maximum atomic E-state index is 6.03. The third-order valence-electron chi connectivity index (χ3n) is 3.56. The monoisotopic (exact) mass is 246 g/mol. The fourth-order valence-corrected chi connectivity index (χ4v) is 4.88. The Labute approximate surface area is 103 Å². The van der Waals surface area contributed by atoms with Crippen LogP contribution in [-0.2, 0) is 4.52 Å². The van der Waals surface area contributed by atoms with Gasteiger partial charge in [0, 0.05) is 0 Å². The number of rotatable bonds is 3. The molecule has 0 aliphatic rings. The van der Waals surface area contributed by atoms with Crippen LogP contribution in [-0.4, -0.2) is 20.4 Å². The zero-order valence-electron chi connectivity index (χ0n) is 10.6. The van der Waals surface area contributed by atoms with Crippen molar-refractivity contribution in [3.05, 3.63) is 60.7 Å². The first-order valence-corrected chi connectivity index (χ1v) is 8.80. The third-order valence-corrected chi connectivity index (χ3v) is 8.26. The van der Waals surface area contributed by atoms with E-state index in [1.807, 2.05) is 19.2 Å². The van der Waals surface area contributed by atoms with Gasteiger partial charge in [0.1, 0.15) is 0 Å². The maximum absolute atomic E-state index is 6.03. The van der Waals surface area contributed by atoms with Gasteiger partial charge >= 0.3 is 103 Å². The van der Waals surface area contributed by atoms with Crippen LogP contribution in [0.15, 0.2) is 60.7 Å². The molecule has 2 aromatic carbocycles. The number of hydrogen-bond donors (Lipinski definition) is 0. The summed E-state index contributed by atoms with van der Waals surface area (Å²) in [5.74, 6) is 0. The van der Waals surface area contributed by atoms with Gasteiger partial charge in [0.05, 0.1) is 0 Å². The van der Waals surface area contributed by atoms with E-state index in [1.54, 1.807) is 0 Å². The molecule has 0 radical (unpaired) electrons. The molecule has 0 amide bonds. The summed E-state index contributed by atoms with van der Waals surface area (Å²) in [6.45, 7) is 2.03. The normalized spacial score (nSPS) is 13.9. The molecule has 0 bridgehead atoms. The molecular formula is C15H19OP. The van der Waals surface area contributed by atoms with Crippen molar-refractivity contribution in [3.8, 4) is 0 Å². The van der Waals surface area contributed by atoms with Crippen molar-refractivity contribution >= 4 is 17.4 Å². The molecule has 0 fully saturated rings. The van der Waals surface area contributed by atoms with E-state index >= 15 is 0 Å². The number of hydrogen-bond acceptors (Lipinski definition) is 1. The SMILES string of the molecule is COP(C)(C)(c1ccccc1)c1ccccc1.